The van der Waals surface area contributed by atoms with E-state index in [0.717, 1.165) is 19.6 Å². The quantitative estimate of drug-likeness (QED) is 0.768. The summed E-state index contributed by atoms with van der Waals surface area (Å²) in [6, 6.07) is 6.17. The lowest BCUT2D eigenvalue weighted by Gasteiger charge is -2.17. The van der Waals surface area contributed by atoms with Gasteiger partial charge in [0, 0.05) is 6.54 Å². The highest BCUT2D eigenvalue weighted by Gasteiger charge is 2.08. The summed E-state index contributed by atoms with van der Waals surface area (Å²) in [6.45, 7) is 7.13. The Morgan fingerprint density at radius 3 is 2.65 bits per heavy atom. The second-order valence-electron chi connectivity index (χ2n) is 3.71. The highest BCUT2D eigenvalue weighted by molar-refractivity contribution is 5.89. The van der Waals surface area contributed by atoms with Crippen molar-refractivity contribution in [1.82, 2.24) is 4.90 Å². The summed E-state index contributed by atoms with van der Waals surface area (Å²) in [5.74, 6) is -0.323. The number of aromatic hydroxyl groups is 1. The van der Waals surface area contributed by atoms with Crippen molar-refractivity contribution in [3.63, 3.8) is 0 Å². The minimum absolute atomic E-state index is 0.0724. The van der Waals surface area contributed by atoms with Gasteiger partial charge in [-0.1, -0.05) is 19.9 Å². The van der Waals surface area contributed by atoms with E-state index in [1.807, 2.05) is 0 Å². The van der Waals surface area contributed by atoms with E-state index in [4.69, 9.17) is 4.74 Å². The van der Waals surface area contributed by atoms with E-state index in [9.17, 15) is 9.90 Å². The smallest absolute Gasteiger partial charge is 0.338 e. The standard InChI is InChI=1S/C13H19NO3/c1-3-14(4-2)8-9-17-13(16)11-6-5-7-12(15)10-11/h5-7,10,15H,3-4,8-9H2,1-2H3. The van der Waals surface area contributed by atoms with Crippen molar-refractivity contribution in [3.8, 4) is 5.75 Å². The highest BCUT2D eigenvalue weighted by Crippen LogP contribution is 2.11. The Balaban J connectivity index is 2.40. The van der Waals surface area contributed by atoms with Crippen LogP contribution in [0.5, 0.6) is 5.75 Å². The van der Waals surface area contributed by atoms with Gasteiger partial charge in [-0.05, 0) is 31.3 Å². The highest BCUT2D eigenvalue weighted by atomic mass is 16.5. The topological polar surface area (TPSA) is 49.8 Å². The maximum atomic E-state index is 11.6. The van der Waals surface area contributed by atoms with Gasteiger partial charge in [0.25, 0.3) is 0 Å². The van der Waals surface area contributed by atoms with E-state index in [0.29, 0.717) is 12.2 Å². The van der Waals surface area contributed by atoms with Crippen LogP contribution in [-0.4, -0.2) is 42.2 Å². The van der Waals surface area contributed by atoms with Gasteiger partial charge < -0.3 is 14.7 Å². The molecule has 0 heterocycles. The molecule has 0 bridgehead atoms. The minimum Gasteiger partial charge on any atom is -0.508 e. The zero-order valence-corrected chi connectivity index (χ0v) is 10.3. The molecular formula is C13H19NO3. The van der Waals surface area contributed by atoms with E-state index >= 15 is 0 Å². The van der Waals surface area contributed by atoms with Gasteiger partial charge in [-0.15, -0.1) is 0 Å². The molecule has 0 fully saturated rings. The third-order valence-corrected chi connectivity index (χ3v) is 2.62. The van der Waals surface area contributed by atoms with Crippen molar-refractivity contribution in [1.29, 1.82) is 0 Å². The van der Waals surface area contributed by atoms with Crippen LogP contribution in [0, 0.1) is 0 Å². The molecule has 1 N–H and O–H groups in total. The van der Waals surface area contributed by atoms with Gasteiger partial charge in [0.15, 0.2) is 0 Å². The van der Waals surface area contributed by atoms with Gasteiger partial charge in [0.05, 0.1) is 5.56 Å². The molecule has 0 aliphatic rings. The summed E-state index contributed by atoms with van der Waals surface area (Å²) in [5, 5.41) is 9.24. The van der Waals surface area contributed by atoms with E-state index < -0.39 is 5.97 Å². The predicted molar refractivity (Wildman–Crippen MR) is 66.2 cm³/mol. The molecule has 94 valence electrons. The lowest BCUT2D eigenvalue weighted by Crippen LogP contribution is -2.27. The summed E-state index contributed by atoms with van der Waals surface area (Å²) in [7, 11) is 0. The van der Waals surface area contributed by atoms with Gasteiger partial charge >= 0.3 is 5.97 Å². The number of nitrogens with zero attached hydrogens (tertiary/aromatic N) is 1. The van der Waals surface area contributed by atoms with Crippen LogP contribution in [0.3, 0.4) is 0 Å². The van der Waals surface area contributed by atoms with Crippen LogP contribution in [0.4, 0.5) is 0 Å². The first kappa shape index (κ1) is 13.5. The monoisotopic (exact) mass is 237 g/mol. The van der Waals surface area contributed by atoms with E-state index in [2.05, 4.69) is 18.7 Å². The number of likely N-dealkylation sites (N-methyl/N-ethyl adjacent to an activating group) is 1. The average molecular weight is 237 g/mol. The van der Waals surface area contributed by atoms with Crippen LogP contribution in [0.1, 0.15) is 24.2 Å². The molecule has 0 unspecified atom stereocenters. The molecule has 1 aromatic carbocycles. The van der Waals surface area contributed by atoms with Gasteiger partial charge in [0.1, 0.15) is 12.4 Å². The summed E-state index contributed by atoms with van der Waals surface area (Å²) in [5.41, 5.74) is 0.379. The third-order valence-electron chi connectivity index (χ3n) is 2.62. The normalized spacial score (nSPS) is 10.5. The number of phenols is 1. The second kappa shape index (κ2) is 6.91. The first-order chi connectivity index (χ1) is 8.17. The Morgan fingerprint density at radius 1 is 1.35 bits per heavy atom. The molecule has 4 nitrogen and oxygen atoms in total. The fourth-order valence-corrected chi connectivity index (χ4v) is 1.52. The minimum atomic E-state index is -0.395. The predicted octanol–water partition coefficient (Wildman–Crippen LogP) is 1.89. The Hall–Kier alpha value is -1.55. The van der Waals surface area contributed by atoms with E-state index in [-0.39, 0.29) is 5.75 Å². The van der Waals surface area contributed by atoms with Gasteiger partial charge in [-0.25, -0.2) is 4.79 Å². The maximum absolute atomic E-state index is 11.6. The molecule has 0 aliphatic heterocycles. The average Bonchev–Trinajstić information content (AvgIpc) is 2.34. The zero-order valence-electron chi connectivity index (χ0n) is 10.3. The van der Waals surface area contributed by atoms with Crippen molar-refractivity contribution in [2.24, 2.45) is 0 Å². The van der Waals surface area contributed by atoms with Crippen molar-refractivity contribution in [3.05, 3.63) is 29.8 Å². The molecule has 1 aromatic rings. The van der Waals surface area contributed by atoms with Crippen molar-refractivity contribution in [2.45, 2.75) is 13.8 Å². The molecule has 0 amide bonds. The molecule has 0 atom stereocenters. The fraction of sp³-hybridized carbons (Fsp3) is 0.462. The van der Waals surface area contributed by atoms with Crippen LogP contribution in [0.2, 0.25) is 0 Å². The van der Waals surface area contributed by atoms with Crippen LogP contribution >= 0.6 is 0 Å². The molecule has 0 aliphatic carbocycles. The number of esters is 1. The molecule has 1 rings (SSSR count). The van der Waals surface area contributed by atoms with Crippen molar-refractivity contribution in [2.75, 3.05) is 26.2 Å². The molecule has 0 aromatic heterocycles. The maximum Gasteiger partial charge on any atom is 0.338 e. The number of carbonyl (C=O) groups excluding carboxylic acids is 1. The number of carbonyl (C=O) groups is 1. The van der Waals surface area contributed by atoms with E-state index in [1.54, 1.807) is 12.1 Å². The molecule has 0 saturated heterocycles. The number of benzene rings is 1. The number of rotatable bonds is 6. The third kappa shape index (κ3) is 4.44. The summed E-state index contributed by atoms with van der Waals surface area (Å²) < 4.78 is 5.13. The van der Waals surface area contributed by atoms with Crippen LogP contribution in [-0.2, 0) is 4.74 Å². The first-order valence-corrected chi connectivity index (χ1v) is 5.85. The van der Waals surface area contributed by atoms with Crippen LogP contribution in [0.25, 0.3) is 0 Å². The van der Waals surface area contributed by atoms with Crippen LogP contribution in [0.15, 0.2) is 24.3 Å². The van der Waals surface area contributed by atoms with Gasteiger partial charge in [-0.3, -0.25) is 0 Å². The number of hydrogen-bond acceptors (Lipinski definition) is 4. The molecule has 4 heteroatoms. The molecule has 0 saturated carbocycles. The largest absolute Gasteiger partial charge is 0.508 e. The Kier molecular flexibility index (Phi) is 5.49. The Labute approximate surface area is 102 Å². The molecule has 17 heavy (non-hydrogen) atoms. The fourth-order valence-electron chi connectivity index (χ4n) is 1.52. The summed E-state index contributed by atoms with van der Waals surface area (Å²) in [6.07, 6.45) is 0. The first-order valence-electron chi connectivity index (χ1n) is 5.85. The Bertz CT molecular complexity index is 361. The van der Waals surface area contributed by atoms with E-state index in [1.165, 1.54) is 12.1 Å². The molecule has 0 spiro atoms. The van der Waals surface area contributed by atoms with Gasteiger partial charge in [-0.2, -0.15) is 0 Å². The van der Waals surface area contributed by atoms with Crippen LogP contribution < -0.4 is 0 Å². The number of phenolic OH excluding ortho intramolecular Hbond substituents is 1. The lowest BCUT2D eigenvalue weighted by molar-refractivity contribution is 0.0466. The number of ether oxygens (including phenoxy) is 1. The Morgan fingerprint density at radius 2 is 2.06 bits per heavy atom. The van der Waals surface area contributed by atoms with Crippen molar-refractivity contribution < 1.29 is 14.6 Å². The summed E-state index contributed by atoms with van der Waals surface area (Å²) in [4.78, 5) is 13.8. The van der Waals surface area contributed by atoms with Crippen molar-refractivity contribution >= 4 is 5.97 Å². The molecular weight excluding hydrogens is 218 g/mol. The lowest BCUT2D eigenvalue weighted by atomic mass is 10.2. The number of hydrogen-bond donors (Lipinski definition) is 1. The van der Waals surface area contributed by atoms with Gasteiger partial charge in [0.2, 0.25) is 0 Å². The second-order valence-corrected chi connectivity index (χ2v) is 3.71. The zero-order chi connectivity index (χ0) is 12.7. The molecule has 0 radical (unpaired) electrons. The summed E-state index contributed by atoms with van der Waals surface area (Å²) >= 11 is 0. The SMILES string of the molecule is CCN(CC)CCOC(=O)c1cccc(O)c1.